The first-order valence-electron chi connectivity index (χ1n) is 7.70. The van der Waals surface area contributed by atoms with Crippen LogP contribution in [-0.4, -0.2) is 62.8 Å². The van der Waals surface area contributed by atoms with E-state index in [1.807, 2.05) is 13.8 Å². The van der Waals surface area contributed by atoms with Crippen LogP contribution in [0.1, 0.15) is 30.6 Å². The van der Waals surface area contributed by atoms with E-state index in [-0.39, 0.29) is 34.7 Å². The van der Waals surface area contributed by atoms with E-state index in [0.717, 1.165) is 11.3 Å². The zero-order valence-corrected chi connectivity index (χ0v) is 15.7. The van der Waals surface area contributed by atoms with Gasteiger partial charge in [0.2, 0.25) is 5.91 Å². The Morgan fingerprint density at radius 1 is 1.25 bits per heavy atom. The summed E-state index contributed by atoms with van der Waals surface area (Å²) in [4.78, 5) is 25.2. The summed E-state index contributed by atoms with van der Waals surface area (Å²) in [6.07, 6.45) is 0.472. The fourth-order valence-corrected chi connectivity index (χ4v) is 5.18. The molecule has 0 saturated carbocycles. The summed E-state index contributed by atoms with van der Waals surface area (Å²) in [7, 11) is -2.40. The Balaban J connectivity index is 2.03. The van der Waals surface area contributed by atoms with Crippen LogP contribution in [0.3, 0.4) is 0 Å². The molecule has 0 bridgehead atoms. The van der Waals surface area contributed by atoms with Crippen LogP contribution >= 0.6 is 11.3 Å². The van der Waals surface area contributed by atoms with Crippen molar-refractivity contribution in [1.29, 1.82) is 0 Å². The van der Waals surface area contributed by atoms with Crippen molar-refractivity contribution < 1.29 is 22.7 Å². The number of esters is 1. The van der Waals surface area contributed by atoms with Crippen LogP contribution in [0.15, 0.2) is 15.7 Å². The minimum absolute atomic E-state index is 0.0612. The second-order valence-corrected chi connectivity index (χ2v) is 9.10. The maximum Gasteiger partial charge on any atom is 0.338 e. The van der Waals surface area contributed by atoms with E-state index in [1.165, 1.54) is 22.9 Å². The molecule has 0 aliphatic carbocycles. The number of ether oxygens (including phenoxy) is 1. The summed E-state index contributed by atoms with van der Waals surface area (Å²) in [5, 5.41) is 1.47. The molecule has 1 amide bonds. The monoisotopic (exact) mass is 374 g/mol. The molecule has 0 radical (unpaired) electrons. The van der Waals surface area contributed by atoms with E-state index in [1.54, 1.807) is 4.90 Å². The summed E-state index contributed by atoms with van der Waals surface area (Å²) >= 11 is 0.998. The lowest BCUT2D eigenvalue weighted by Gasteiger charge is -2.34. The van der Waals surface area contributed by atoms with Gasteiger partial charge < -0.3 is 9.64 Å². The molecule has 0 unspecified atom stereocenters. The average Bonchev–Trinajstić information content (AvgIpc) is 3.04. The SMILES string of the molecule is COC(=O)c1csc(S(=O)(=O)N2CCN(C(=O)CC(C)C)CC2)c1. The van der Waals surface area contributed by atoms with Crippen molar-refractivity contribution in [3.05, 3.63) is 17.0 Å². The zero-order valence-electron chi connectivity index (χ0n) is 14.0. The van der Waals surface area contributed by atoms with Gasteiger partial charge in [-0.15, -0.1) is 11.3 Å². The number of carbonyl (C=O) groups is 2. The van der Waals surface area contributed by atoms with Crippen molar-refractivity contribution >= 4 is 33.2 Å². The van der Waals surface area contributed by atoms with Crippen LogP contribution in [0.5, 0.6) is 0 Å². The molecule has 0 spiro atoms. The number of sulfonamides is 1. The first-order chi connectivity index (χ1) is 11.3. The number of hydrogen-bond donors (Lipinski definition) is 0. The number of methoxy groups -OCH3 is 1. The van der Waals surface area contributed by atoms with E-state index in [0.29, 0.717) is 19.5 Å². The first kappa shape index (κ1) is 18.9. The smallest absolute Gasteiger partial charge is 0.338 e. The number of piperazine rings is 1. The van der Waals surface area contributed by atoms with Gasteiger partial charge in [-0.05, 0) is 12.0 Å². The minimum Gasteiger partial charge on any atom is -0.465 e. The molecule has 134 valence electrons. The lowest BCUT2D eigenvalue weighted by Crippen LogP contribution is -2.50. The highest BCUT2D eigenvalue weighted by atomic mass is 32.2. The zero-order chi connectivity index (χ0) is 17.9. The van der Waals surface area contributed by atoms with Crippen LogP contribution in [-0.2, 0) is 19.6 Å². The molecule has 0 atom stereocenters. The fraction of sp³-hybridized carbons (Fsp3) is 0.600. The Kier molecular flexibility index (Phi) is 6.00. The van der Waals surface area contributed by atoms with Gasteiger partial charge in [0, 0.05) is 38.0 Å². The Hall–Kier alpha value is -1.45. The van der Waals surface area contributed by atoms with Gasteiger partial charge in [-0.3, -0.25) is 4.79 Å². The summed E-state index contributed by atoms with van der Waals surface area (Å²) in [5.41, 5.74) is 0.229. The van der Waals surface area contributed by atoms with Crippen molar-refractivity contribution in [2.24, 2.45) is 5.92 Å². The molecule has 1 saturated heterocycles. The molecule has 0 aromatic carbocycles. The highest BCUT2D eigenvalue weighted by molar-refractivity contribution is 7.91. The third-order valence-corrected chi connectivity index (χ3v) is 7.08. The first-order valence-corrected chi connectivity index (χ1v) is 10.0. The van der Waals surface area contributed by atoms with E-state index in [2.05, 4.69) is 4.74 Å². The lowest BCUT2D eigenvalue weighted by molar-refractivity contribution is -0.133. The van der Waals surface area contributed by atoms with Gasteiger partial charge in [-0.2, -0.15) is 4.31 Å². The third kappa shape index (κ3) is 4.14. The molecule has 9 heteroatoms. The predicted octanol–water partition coefficient (Wildman–Crippen LogP) is 1.41. The van der Waals surface area contributed by atoms with Crippen molar-refractivity contribution in [3.63, 3.8) is 0 Å². The highest BCUT2D eigenvalue weighted by Gasteiger charge is 2.31. The molecule has 1 aliphatic heterocycles. The van der Waals surface area contributed by atoms with Crippen molar-refractivity contribution in [2.75, 3.05) is 33.3 Å². The van der Waals surface area contributed by atoms with Gasteiger partial charge in [-0.1, -0.05) is 13.8 Å². The van der Waals surface area contributed by atoms with Gasteiger partial charge in [0.15, 0.2) is 0 Å². The van der Waals surface area contributed by atoms with Gasteiger partial charge in [0.05, 0.1) is 12.7 Å². The molecular formula is C15H22N2O5S2. The number of amides is 1. The van der Waals surface area contributed by atoms with Crippen LogP contribution in [0.25, 0.3) is 0 Å². The van der Waals surface area contributed by atoms with Gasteiger partial charge in [-0.25, -0.2) is 13.2 Å². The molecule has 1 aliphatic rings. The second-order valence-electron chi connectivity index (χ2n) is 6.03. The average molecular weight is 374 g/mol. The van der Waals surface area contributed by atoms with E-state index in [9.17, 15) is 18.0 Å². The number of nitrogens with zero attached hydrogens (tertiary/aromatic N) is 2. The number of rotatable bonds is 5. The number of thiophene rings is 1. The molecule has 1 aromatic rings. The molecule has 24 heavy (non-hydrogen) atoms. The molecule has 2 heterocycles. The van der Waals surface area contributed by atoms with Crippen LogP contribution in [0, 0.1) is 5.92 Å². The van der Waals surface area contributed by atoms with Crippen LogP contribution in [0.4, 0.5) is 0 Å². The maximum absolute atomic E-state index is 12.6. The van der Waals surface area contributed by atoms with Gasteiger partial charge in [0.1, 0.15) is 4.21 Å². The molecule has 2 rings (SSSR count). The highest BCUT2D eigenvalue weighted by Crippen LogP contribution is 2.25. The second kappa shape index (κ2) is 7.62. The minimum atomic E-state index is -3.65. The number of carbonyl (C=O) groups excluding carboxylic acids is 2. The predicted molar refractivity (Wildman–Crippen MR) is 90.5 cm³/mol. The molecule has 1 fully saturated rings. The summed E-state index contributed by atoms with van der Waals surface area (Å²) in [6, 6.07) is 1.34. The summed E-state index contributed by atoms with van der Waals surface area (Å²) < 4.78 is 31.4. The molecule has 7 nitrogen and oxygen atoms in total. The van der Waals surface area contributed by atoms with E-state index >= 15 is 0 Å². The Morgan fingerprint density at radius 2 is 1.88 bits per heavy atom. The van der Waals surface area contributed by atoms with E-state index in [4.69, 9.17) is 0 Å². The molecule has 0 N–H and O–H groups in total. The normalized spacial score (nSPS) is 16.4. The van der Waals surface area contributed by atoms with Crippen molar-refractivity contribution in [2.45, 2.75) is 24.5 Å². The van der Waals surface area contributed by atoms with Gasteiger partial charge in [0.25, 0.3) is 10.0 Å². The van der Waals surface area contributed by atoms with E-state index < -0.39 is 16.0 Å². The Bertz CT molecular complexity index is 703. The topological polar surface area (TPSA) is 84.0 Å². The largest absolute Gasteiger partial charge is 0.465 e. The Morgan fingerprint density at radius 3 is 2.42 bits per heavy atom. The van der Waals surface area contributed by atoms with Crippen LogP contribution in [0.2, 0.25) is 0 Å². The summed E-state index contributed by atoms with van der Waals surface area (Å²) in [5.74, 6) is -0.218. The van der Waals surface area contributed by atoms with Crippen molar-refractivity contribution in [3.8, 4) is 0 Å². The van der Waals surface area contributed by atoms with Gasteiger partial charge >= 0.3 is 5.97 Å². The fourth-order valence-electron chi connectivity index (χ4n) is 2.46. The number of hydrogen-bond acceptors (Lipinski definition) is 6. The quantitative estimate of drug-likeness (QED) is 0.728. The standard InChI is InChI=1S/C15H22N2O5S2/c1-11(2)8-13(18)16-4-6-17(7-5-16)24(20,21)14-9-12(10-23-14)15(19)22-3/h9-11H,4-8H2,1-3H3. The Labute approximate surface area is 146 Å². The summed E-state index contributed by atoms with van der Waals surface area (Å²) in [6.45, 7) is 5.26. The van der Waals surface area contributed by atoms with Crippen LogP contribution < -0.4 is 0 Å². The third-order valence-electron chi connectivity index (χ3n) is 3.76. The maximum atomic E-state index is 12.6. The molecular weight excluding hydrogens is 352 g/mol. The molecule has 1 aromatic heterocycles. The lowest BCUT2D eigenvalue weighted by atomic mass is 10.1. The van der Waals surface area contributed by atoms with Crippen molar-refractivity contribution in [1.82, 2.24) is 9.21 Å².